The van der Waals surface area contributed by atoms with Crippen LogP contribution in [0.15, 0.2) is 8.68 Å². The van der Waals surface area contributed by atoms with Crippen LogP contribution in [0, 0.1) is 0 Å². The highest BCUT2D eigenvalue weighted by Crippen LogP contribution is 2.62. The zero-order valence-corrected chi connectivity index (χ0v) is 18.3. The van der Waals surface area contributed by atoms with E-state index in [0.717, 1.165) is 11.3 Å². The molecular formula is C13H7F15N2O2S3. The van der Waals surface area contributed by atoms with Gasteiger partial charge in [0.15, 0.2) is 8.68 Å². The van der Waals surface area contributed by atoms with Crippen molar-refractivity contribution in [2.75, 3.05) is 12.4 Å². The fourth-order valence-corrected chi connectivity index (χ4v) is 3.75. The van der Waals surface area contributed by atoms with E-state index >= 15 is 0 Å². The van der Waals surface area contributed by atoms with E-state index < -0.39 is 66.5 Å². The Morgan fingerprint density at radius 2 is 1.23 bits per heavy atom. The van der Waals surface area contributed by atoms with E-state index in [1.54, 1.807) is 0 Å². The fourth-order valence-electron chi connectivity index (χ4n) is 1.87. The van der Waals surface area contributed by atoms with Crippen LogP contribution in [0.2, 0.25) is 0 Å². The van der Waals surface area contributed by atoms with Crippen molar-refractivity contribution in [1.29, 1.82) is 0 Å². The molecule has 0 atom stereocenters. The van der Waals surface area contributed by atoms with Gasteiger partial charge in [-0.05, 0) is 0 Å². The van der Waals surface area contributed by atoms with E-state index in [0.29, 0.717) is 11.8 Å². The molecule has 0 unspecified atom stereocenters. The van der Waals surface area contributed by atoms with Crippen LogP contribution in [0.3, 0.4) is 0 Å². The maximum atomic E-state index is 13.6. The molecule has 0 fully saturated rings. The van der Waals surface area contributed by atoms with Gasteiger partial charge in [-0.1, -0.05) is 23.1 Å². The lowest BCUT2D eigenvalue weighted by Crippen LogP contribution is -2.72. The number of alkyl halides is 15. The SMILES string of the molecule is O=C(CSc1nnc(S)s1)OCCC(F)(F)C(F)(F)C(F)(F)C(F)(F)C(F)(F)C(F)(F)C(F)(F)F. The van der Waals surface area contributed by atoms with Crippen LogP contribution in [-0.2, 0) is 9.53 Å². The quantitative estimate of drug-likeness (QED) is 0.141. The number of esters is 1. The van der Waals surface area contributed by atoms with Crippen LogP contribution in [0.5, 0.6) is 0 Å². The number of thioether (sulfide) groups is 1. The number of nitrogens with zero attached hydrogens (tertiary/aromatic N) is 2. The van der Waals surface area contributed by atoms with Crippen molar-refractivity contribution in [2.24, 2.45) is 0 Å². The van der Waals surface area contributed by atoms with Crippen molar-refractivity contribution in [3.8, 4) is 0 Å². The minimum Gasteiger partial charge on any atom is -0.465 e. The van der Waals surface area contributed by atoms with E-state index in [2.05, 4.69) is 27.6 Å². The van der Waals surface area contributed by atoms with Crippen molar-refractivity contribution >= 4 is 41.7 Å². The molecule has 22 heteroatoms. The van der Waals surface area contributed by atoms with Crippen LogP contribution in [0.4, 0.5) is 65.9 Å². The first-order chi connectivity index (χ1) is 15.4. The van der Waals surface area contributed by atoms with E-state index in [4.69, 9.17) is 0 Å². The molecular weight excluding hydrogens is 597 g/mol. The van der Waals surface area contributed by atoms with Crippen molar-refractivity contribution in [1.82, 2.24) is 10.2 Å². The monoisotopic (exact) mass is 604 g/mol. The predicted molar refractivity (Wildman–Crippen MR) is 89.2 cm³/mol. The van der Waals surface area contributed by atoms with Gasteiger partial charge < -0.3 is 4.74 Å². The lowest BCUT2D eigenvalue weighted by molar-refractivity contribution is -0.452. The minimum absolute atomic E-state index is 0.0715. The third-order valence-corrected chi connectivity index (χ3v) is 5.98. The maximum Gasteiger partial charge on any atom is 0.460 e. The summed E-state index contributed by atoms with van der Waals surface area (Å²) in [7, 11) is 0. The third kappa shape index (κ3) is 5.67. The Balaban J connectivity index is 3.01. The molecule has 0 N–H and O–H groups in total. The molecule has 0 aliphatic carbocycles. The van der Waals surface area contributed by atoms with Crippen LogP contribution in [0.1, 0.15) is 6.42 Å². The van der Waals surface area contributed by atoms with Gasteiger partial charge in [-0.25, -0.2) is 0 Å². The summed E-state index contributed by atoms with van der Waals surface area (Å²) in [5.41, 5.74) is 0. The van der Waals surface area contributed by atoms with Gasteiger partial charge in [-0.15, -0.1) is 22.8 Å². The summed E-state index contributed by atoms with van der Waals surface area (Å²) < 4.78 is 200. The standard InChI is InChI=1S/C13H7F15N2O2S3/c14-7(15,1-2-32-4(31)3-34-6-30-29-5(33)35-6)8(16,17)9(18,19)10(20,21)11(22,23)12(24,25)13(26,27)28/h1-3H2,(H,29,33). The summed E-state index contributed by atoms with van der Waals surface area (Å²) in [6.45, 7) is -1.91. The number of carbonyl (C=O) groups is 1. The van der Waals surface area contributed by atoms with Crippen molar-refractivity contribution < 1.29 is 75.4 Å². The maximum absolute atomic E-state index is 13.6. The number of aromatic nitrogens is 2. The Morgan fingerprint density at radius 3 is 1.66 bits per heavy atom. The molecule has 1 aromatic heterocycles. The van der Waals surface area contributed by atoms with Crippen molar-refractivity contribution in [3.05, 3.63) is 0 Å². The molecule has 1 heterocycles. The summed E-state index contributed by atoms with van der Waals surface area (Å²) in [6, 6.07) is 0. The number of rotatable bonds is 11. The largest absolute Gasteiger partial charge is 0.465 e. The van der Waals surface area contributed by atoms with E-state index in [9.17, 15) is 70.7 Å². The third-order valence-electron chi connectivity index (χ3n) is 3.78. The van der Waals surface area contributed by atoms with Crippen molar-refractivity contribution in [2.45, 2.75) is 56.8 Å². The summed E-state index contributed by atoms with van der Waals surface area (Å²) >= 11 is 5.12. The minimum atomic E-state index is -8.35. The Kier molecular flexibility index (Phi) is 8.93. The average molecular weight is 604 g/mol. The molecule has 0 aromatic carbocycles. The van der Waals surface area contributed by atoms with Crippen LogP contribution in [0.25, 0.3) is 0 Å². The Bertz CT molecular complexity index is 903. The number of carbonyl (C=O) groups excluding carboxylic acids is 1. The molecule has 1 rings (SSSR count). The first kappa shape index (κ1) is 31.7. The molecule has 0 bridgehead atoms. The van der Waals surface area contributed by atoms with Crippen LogP contribution in [-0.4, -0.2) is 70.2 Å². The highest BCUT2D eigenvalue weighted by atomic mass is 32.2. The summed E-state index contributed by atoms with van der Waals surface area (Å²) in [5, 5.41) is 6.82. The van der Waals surface area contributed by atoms with Gasteiger partial charge in [-0.2, -0.15) is 65.9 Å². The molecule has 4 nitrogen and oxygen atoms in total. The molecule has 0 saturated carbocycles. The number of ether oxygens (including phenoxy) is 1. The molecule has 0 saturated heterocycles. The molecule has 1 aromatic rings. The summed E-state index contributed by atoms with van der Waals surface area (Å²) in [4.78, 5) is 11.4. The molecule has 0 amide bonds. The summed E-state index contributed by atoms with van der Waals surface area (Å²) in [5.74, 6) is -49.2. The highest BCUT2D eigenvalue weighted by molar-refractivity contribution is 8.01. The predicted octanol–water partition coefficient (Wildman–Crippen LogP) is 6.23. The fraction of sp³-hybridized carbons (Fsp3) is 0.769. The second kappa shape index (κ2) is 9.86. The van der Waals surface area contributed by atoms with E-state index in [1.807, 2.05) is 0 Å². The molecule has 0 aliphatic heterocycles. The first-order valence-electron chi connectivity index (χ1n) is 8.01. The van der Waals surface area contributed by atoms with E-state index in [-0.39, 0.29) is 8.68 Å². The smallest absolute Gasteiger partial charge is 0.460 e. The van der Waals surface area contributed by atoms with Gasteiger partial charge in [0, 0.05) is 0 Å². The second-order valence-corrected chi connectivity index (χ2v) is 9.11. The number of hydrogen-bond donors (Lipinski definition) is 1. The Morgan fingerprint density at radius 1 is 0.771 bits per heavy atom. The Labute approximate surface area is 197 Å². The lowest BCUT2D eigenvalue weighted by Gasteiger charge is -2.41. The highest BCUT2D eigenvalue weighted by Gasteiger charge is 2.93. The average Bonchev–Trinajstić information content (AvgIpc) is 3.09. The number of halogens is 15. The molecule has 0 aliphatic rings. The van der Waals surface area contributed by atoms with Gasteiger partial charge in [0.05, 0.1) is 18.8 Å². The topological polar surface area (TPSA) is 52.1 Å². The molecule has 204 valence electrons. The van der Waals surface area contributed by atoms with Gasteiger partial charge in [0.25, 0.3) is 0 Å². The lowest BCUT2D eigenvalue weighted by atomic mass is 9.90. The Hall–Kier alpha value is -1.32. The van der Waals surface area contributed by atoms with E-state index in [1.165, 1.54) is 0 Å². The zero-order valence-electron chi connectivity index (χ0n) is 15.8. The molecule has 0 radical (unpaired) electrons. The van der Waals surface area contributed by atoms with Crippen LogP contribution >= 0.6 is 35.7 Å². The van der Waals surface area contributed by atoms with Gasteiger partial charge in [0.1, 0.15) is 0 Å². The second-order valence-electron chi connectivity index (χ2n) is 6.18. The van der Waals surface area contributed by atoms with Gasteiger partial charge in [-0.3, -0.25) is 4.79 Å². The van der Waals surface area contributed by atoms with Crippen LogP contribution < -0.4 is 0 Å². The normalized spacial score (nSPS) is 14.9. The molecule has 35 heavy (non-hydrogen) atoms. The van der Waals surface area contributed by atoms with Gasteiger partial charge >= 0.3 is 47.7 Å². The number of thiol groups is 1. The summed E-state index contributed by atoms with van der Waals surface area (Å²) in [6.07, 6.45) is -10.4. The zero-order chi connectivity index (χ0) is 27.9. The number of hydrogen-bond acceptors (Lipinski definition) is 7. The first-order valence-corrected chi connectivity index (χ1v) is 10.3. The molecule has 0 spiro atoms. The van der Waals surface area contributed by atoms with Gasteiger partial charge in [0.2, 0.25) is 0 Å². The van der Waals surface area contributed by atoms with Crippen molar-refractivity contribution in [3.63, 3.8) is 0 Å².